The number of hydrogen-bond acceptors (Lipinski definition) is 4. The molecule has 1 heterocycles. The lowest BCUT2D eigenvalue weighted by Crippen LogP contribution is -2.27. The van der Waals surface area contributed by atoms with Crippen LogP contribution in [0.5, 0.6) is 0 Å². The van der Waals surface area contributed by atoms with E-state index in [1.807, 2.05) is 13.8 Å². The molecule has 0 unspecified atom stereocenters. The first-order valence-electron chi connectivity index (χ1n) is 5.35. The summed E-state index contributed by atoms with van der Waals surface area (Å²) >= 11 is 6.11. The van der Waals surface area contributed by atoms with E-state index < -0.39 is 6.29 Å². The van der Waals surface area contributed by atoms with E-state index in [-0.39, 0.29) is 12.2 Å². The molecular formula is C11H17ClN2O3. The zero-order valence-electron chi connectivity index (χ0n) is 10.5. The van der Waals surface area contributed by atoms with Crippen molar-refractivity contribution in [2.75, 3.05) is 14.2 Å². The van der Waals surface area contributed by atoms with E-state index in [1.54, 1.807) is 4.68 Å². The van der Waals surface area contributed by atoms with Crippen LogP contribution in [0, 0.1) is 6.92 Å². The lowest BCUT2D eigenvalue weighted by atomic mass is 10.2. The number of halogens is 1. The largest absolute Gasteiger partial charge is 0.349 e. The fourth-order valence-electron chi connectivity index (χ4n) is 1.65. The Hall–Kier alpha value is -0.910. The van der Waals surface area contributed by atoms with E-state index in [1.165, 1.54) is 14.2 Å². The van der Waals surface area contributed by atoms with Gasteiger partial charge in [-0.2, -0.15) is 5.10 Å². The molecule has 1 aromatic rings. The Morgan fingerprint density at radius 2 is 2.06 bits per heavy atom. The molecule has 0 fully saturated rings. The van der Waals surface area contributed by atoms with Gasteiger partial charge in [0.1, 0.15) is 0 Å². The summed E-state index contributed by atoms with van der Waals surface area (Å²) in [6.07, 6.45) is -0.702. The molecule has 0 aromatic carbocycles. The lowest BCUT2D eigenvalue weighted by molar-refractivity contribution is -0.156. The van der Waals surface area contributed by atoms with Crippen LogP contribution in [0.1, 0.15) is 18.3 Å². The molecule has 6 heteroatoms. The van der Waals surface area contributed by atoms with Crippen molar-refractivity contribution in [2.45, 2.75) is 33.1 Å². The highest BCUT2D eigenvalue weighted by atomic mass is 35.5. The van der Waals surface area contributed by atoms with Crippen molar-refractivity contribution in [1.29, 1.82) is 0 Å². The molecule has 5 nitrogen and oxygen atoms in total. The number of aryl methyl sites for hydroxylation is 2. The Bertz CT molecular complexity index is 400. The minimum atomic E-state index is -0.855. The van der Waals surface area contributed by atoms with Gasteiger partial charge < -0.3 is 9.47 Å². The highest BCUT2D eigenvalue weighted by molar-refractivity contribution is 6.32. The fourth-order valence-corrected chi connectivity index (χ4v) is 1.85. The average Bonchev–Trinajstić information content (AvgIpc) is 2.58. The Labute approximate surface area is 106 Å². The molecule has 0 amide bonds. The molecule has 0 aliphatic rings. The third-order valence-corrected chi connectivity index (χ3v) is 2.98. The zero-order valence-corrected chi connectivity index (χ0v) is 11.2. The van der Waals surface area contributed by atoms with Crippen molar-refractivity contribution in [1.82, 2.24) is 9.78 Å². The van der Waals surface area contributed by atoms with Crippen molar-refractivity contribution in [2.24, 2.45) is 0 Å². The molecule has 1 aromatic heterocycles. The summed E-state index contributed by atoms with van der Waals surface area (Å²) in [5.74, 6) is -0.175. The SMILES string of the molecule is CCn1nc(C)c(Cl)c1CC(=O)C(OC)OC. The summed E-state index contributed by atoms with van der Waals surface area (Å²) in [4.78, 5) is 11.9. The zero-order chi connectivity index (χ0) is 13.0. The van der Waals surface area contributed by atoms with Gasteiger partial charge in [0.2, 0.25) is 6.29 Å². The molecular weight excluding hydrogens is 244 g/mol. The molecule has 0 bridgehead atoms. The molecule has 17 heavy (non-hydrogen) atoms. The normalized spacial score (nSPS) is 11.2. The standard InChI is InChI=1S/C11H17ClN2O3/c1-5-14-8(10(12)7(2)13-14)6-9(15)11(16-3)17-4/h11H,5-6H2,1-4H3. The minimum absolute atomic E-state index is 0.153. The number of nitrogens with zero attached hydrogens (tertiary/aromatic N) is 2. The molecule has 0 saturated carbocycles. The van der Waals surface area contributed by atoms with Gasteiger partial charge in [0.25, 0.3) is 0 Å². The number of ketones is 1. The number of carbonyl (C=O) groups excluding carboxylic acids is 1. The van der Waals surface area contributed by atoms with Crippen LogP contribution in [-0.2, 0) is 27.2 Å². The number of rotatable bonds is 6. The maximum Gasteiger partial charge on any atom is 0.217 e. The molecule has 0 aliphatic heterocycles. The third-order valence-electron chi connectivity index (χ3n) is 2.49. The predicted octanol–water partition coefficient (Wildman–Crippen LogP) is 1.60. The molecule has 0 atom stereocenters. The predicted molar refractivity (Wildman–Crippen MR) is 64.2 cm³/mol. The van der Waals surface area contributed by atoms with Crippen LogP contribution in [0.25, 0.3) is 0 Å². The van der Waals surface area contributed by atoms with E-state index >= 15 is 0 Å². The van der Waals surface area contributed by atoms with Gasteiger partial charge in [-0.3, -0.25) is 9.48 Å². The molecule has 0 saturated heterocycles. The van der Waals surface area contributed by atoms with E-state index in [9.17, 15) is 4.79 Å². The van der Waals surface area contributed by atoms with Crippen LogP contribution in [0.15, 0.2) is 0 Å². The van der Waals surface area contributed by atoms with Crippen molar-refractivity contribution < 1.29 is 14.3 Å². The van der Waals surface area contributed by atoms with Gasteiger partial charge in [-0.1, -0.05) is 11.6 Å². The summed E-state index contributed by atoms with van der Waals surface area (Å²) < 4.78 is 11.5. The smallest absolute Gasteiger partial charge is 0.217 e. The summed E-state index contributed by atoms with van der Waals surface area (Å²) in [6, 6.07) is 0. The van der Waals surface area contributed by atoms with E-state index in [0.29, 0.717) is 17.3 Å². The van der Waals surface area contributed by atoms with Crippen molar-refractivity contribution in [3.8, 4) is 0 Å². The Kier molecular flexibility index (Phi) is 5.11. The third kappa shape index (κ3) is 3.06. The van der Waals surface area contributed by atoms with E-state index in [0.717, 1.165) is 5.69 Å². The first-order valence-corrected chi connectivity index (χ1v) is 5.73. The van der Waals surface area contributed by atoms with Crippen LogP contribution < -0.4 is 0 Å². The summed E-state index contributed by atoms with van der Waals surface area (Å²) in [5.41, 5.74) is 1.43. The second-order valence-electron chi connectivity index (χ2n) is 3.61. The Balaban J connectivity index is 2.91. The summed E-state index contributed by atoms with van der Waals surface area (Å²) in [7, 11) is 2.85. The van der Waals surface area contributed by atoms with Gasteiger partial charge >= 0.3 is 0 Å². The monoisotopic (exact) mass is 260 g/mol. The average molecular weight is 261 g/mol. The first kappa shape index (κ1) is 14.2. The van der Waals surface area contributed by atoms with Gasteiger partial charge in [0, 0.05) is 20.8 Å². The number of hydrogen-bond donors (Lipinski definition) is 0. The maximum atomic E-state index is 11.9. The molecule has 96 valence electrons. The number of methoxy groups -OCH3 is 2. The van der Waals surface area contributed by atoms with Gasteiger partial charge in [-0.05, 0) is 13.8 Å². The molecule has 0 aliphatic carbocycles. The highest BCUT2D eigenvalue weighted by Gasteiger charge is 2.22. The van der Waals surface area contributed by atoms with Gasteiger partial charge in [0.05, 0.1) is 22.8 Å². The summed E-state index contributed by atoms with van der Waals surface area (Å²) in [5, 5.41) is 4.78. The van der Waals surface area contributed by atoms with Crippen molar-refractivity contribution in [3.05, 3.63) is 16.4 Å². The maximum absolute atomic E-state index is 11.9. The van der Waals surface area contributed by atoms with Gasteiger partial charge in [-0.15, -0.1) is 0 Å². The molecule has 0 spiro atoms. The van der Waals surface area contributed by atoms with Gasteiger partial charge in [0.15, 0.2) is 5.78 Å². The Morgan fingerprint density at radius 3 is 2.53 bits per heavy atom. The first-order chi connectivity index (χ1) is 8.04. The van der Waals surface area contributed by atoms with Crippen LogP contribution in [0.2, 0.25) is 5.02 Å². The minimum Gasteiger partial charge on any atom is -0.349 e. The van der Waals surface area contributed by atoms with E-state index in [2.05, 4.69) is 5.10 Å². The fraction of sp³-hybridized carbons (Fsp3) is 0.636. The van der Waals surface area contributed by atoms with Crippen LogP contribution in [0.3, 0.4) is 0 Å². The van der Waals surface area contributed by atoms with E-state index in [4.69, 9.17) is 21.1 Å². The van der Waals surface area contributed by atoms with Crippen LogP contribution in [-0.4, -0.2) is 36.1 Å². The number of Topliss-reactive ketones (excluding diaryl/α,β-unsaturated/α-hetero) is 1. The topological polar surface area (TPSA) is 53.4 Å². The number of carbonyl (C=O) groups is 1. The van der Waals surface area contributed by atoms with Gasteiger partial charge in [-0.25, -0.2) is 0 Å². The lowest BCUT2D eigenvalue weighted by Gasteiger charge is -2.12. The molecule has 0 N–H and O–H groups in total. The molecule has 0 radical (unpaired) electrons. The van der Waals surface area contributed by atoms with Crippen LogP contribution >= 0.6 is 11.6 Å². The van der Waals surface area contributed by atoms with Crippen molar-refractivity contribution in [3.63, 3.8) is 0 Å². The summed E-state index contributed by atoms with van der Waals surface area (Å²) in [6.45, 7) is 4.42. The number of aromatic nitrogens is 2. The second-order valence-corrected chi connectivity index (χ2v) is 3.99. The number of ether oxygens (including phenoxy) is 2. The second kappa shape index (κ2) is 6.14. The molecule has 1 rings (SSSR count). The Morgan fingerprint density at radius 1 is 1.47 bits per heavy atom. The van der Waals surface area contributed by atoms with Crippen molar-refractivity contribution >= 4 is 17.4 Å². The quantitative estimate of drug-likeness (QED) is 0.729. The highest BCUT2D eigenvalue weighted by Crippen LogP contribution is 2.21. The van der Waals surface area contributed by atoms with Crippen LogP contribution in [0.4, 0.5) is 0 Å².